The Bertz CT molecular complexity index is 833. The summed E-state index contributed by atoms with van der Waals surface area (Å²) in [5.74, 6) is 0.481. The van der Waals surface area contributed by atoms with Gasteiger partial charge < -0.3 is 0 Å². The lowest BCUT2D eigenvalue weighted by atomic mass is 10.2. The van der Waals surface area contributed by atoms with E-state index in [-0.39, 0.29) is 0 Å². The van der Waals surface area contributed by atoms with Gasteiger partial charge >= 0.3 is 5.69 Å². The molecule has 5 heteroatoms. The number of nitrogens with zero attached hydrogens (tertiary/aromatic N) is 2. The molecule has 1 N–H and O–H groups in total. The normalized spacial score (nSPS) is 10.7. The fourth-order valence-corrected chi connectivity index (χ4v) is 1.80. The molecule has 0 aliphatic rings. The van der Waals surface area contributed by atoms with Crippen LogP contribution in [0.25, 0.3) is 16.6 Å². The molecule has 0 radical (unpaired) electrons. The predicted molar refractivity (Wildman–Crippen MR) is 68.0 cm³/mol. The number of hydrogen-bond donors (Lipinski definition) is 1. The first-order valence-corrected chi connectivity index (χ1v) is 5.41. The number of hydrogen-bond acceptors (Lipinski definition) is 3. The molecule has 18 heavy (non-hydrogen) atoms. The number of benzene rings is 1. The average molecular weight is 239 g/mol. The number of H-pyrrole nitrogens is 1. The Hall–Kier alpha value is -2.69. The van der Waals surface area contributed by atoms with Gasteiger partial charge in [0.2, 0.25) is 0 Å². The molecule has 0 spiro atoms. The first-order chi connectivity index (χ1) is 8.74. The van der Waals surface area contributed by atoms with E-state index in [9.17, 15) is 9.59 Å². The van der Waals surface area contributed by atoms with Crippen LogP contribution in [-0.4, -0.2) is 14.5 Å². The largest absolute Gasteiger partial charge is 0.334 e. The fraction of sp³-hybridized carbons (Fsp3) is 0. The summed E-state index contributed by atoms with van der Waals surface area (Å²) in [6.07, 6.45) is 3.11. The van der Waals surface area contributed by atoms with Crippen LogP contribution in [0.1, 0.15) is 0 Å². The highest BCUT2D eigenvalue weighted by Gasteiger charge is 2.02. The standard InChI is InChI=1S/C13H9N3O2/c17-12-5-6-16(13(18)15-12)11-7-9-3-1-2-4-10(9)8-14-11/h1-8H,(H,15,17,18). The zero-order chi connectivity index (χ0) is 12.5. The molecule has 88 valence electrons. The smallest absolute Gasteiger partial charge is 0.274 e. The van der Waals surface area contributed by atoms with Gasteiger partial charge in [0.05, 0.1) is 0 Å². The Kier molecular flexibility index (Phi) is 2.30. The third-order valence-electron chi connectivity index (χ3n) is 2.69. The topological polar surface area (TPSA) is 67.8 Å². The van der Waals surface area contributed by atoms with E-state index in [2.05, 4.69) is 9.97 Å². The van der Waals surface area contributed by atoms with Crippen LogP contribution >= 0.6 is 0 Å². The van der Waals surface area contributed by atoms with Gasteiger partial charge in [-0.05, 0) is 11.5 Å². The summed E-state index contributed by atoms with van der Waals surface area (Å²) in [6, 6.07) is 10.8. The molecule has 2 aromatic heterocycles. The second-order valence-electron chi connectivity index (χ2n) is 3.87. The highest BCUT2D eigenvalue weighted by molar-refractivity contribution is 5.82. The summed E-state index contributed by atoms with van der Waals surface area (Å²) < 4.78 is 1.30. The molecule has 0 amide bonds. The monoisotopic (exact) mass is 239 g/mol. The molecule has 0 bridgehead atoms. The van der Waals surface area contributed by atoms with Gasteiger partial charge in [0, 0.05) is 23.8 Å². The van der Waals surface area contributed by atoms with E-state index in [1.165, 1.54) is 16.8 Å². The lowest BCUT2D eigenvalue weighted by Gasteiger charge is -2.04. The van der Waals surface area contributed by atoms with Crippen molar-refractivity contribution in [3.8, 4) is 5.82 Å². The number of pyridine rings is 1. The van der Waals surface area contributed by atoms with Crippen molar-refractivity contribution < 1.29 is 0 Å². The quantitative estimate of drug-likeness (QED) is 0.690. The molecular weight excluding hydrogens is 230 g/mol. The zero-order valence-corrected chi connectivity index (χ0v) is 9.33. The van der Waals surface area contributed by atoms with Crippen molar-refractivity contribution >= 4 is 10.8 Å². The second kappa shape index (κ2) is 3.96. The van der Waals surface area contributed by atoms with Gasteiger partial charge in [-0.15, -0.1) is 0 Å². The fourth-order valence-electron chi connectivity index (χ4n) is 1.80. The van der Waals surface area contributed by atoms with E-state index in [0.717, 1.165) is 10.8 Å². The van der Waals surface area contributed by atoms with Crippen LogP contribution in [0.5, 0.6) is 0 Å². The van der Waals surface area contributed by atoms with Gasteiger partial charge in [0.1, 0.15) is 5.82 Å². The van der Waals surface area contributed by atoms with E-state index in [0.29, 0.717) is 5.82 Å². The Morgan fingerprint density at radius 2 is 1.83 bits per heavy atom. The van der Waals surface area contributed by atoms with Crippen molar-refractivity contribution in [2.24, 2.45) is 0 Å². The molecule has 0 atom stereocenters. The minimum Gasteiger partial charge on any atom is -0.274 e. The Balaban J connectivity index is 2.25. The van der Waals surface area contributed by atoms with Crippen LogP contribution in [0.15, 0.2) is 58.4 Å². The van der Waals surface area contributed by atoms with Crippen molar-refractivity contribution in [1.29, 1.82) is 0 Å². The highest BCUT2D eigenvalue weighted by atomic mass is 16.2. The zero-order valence-electron chi connectivity index (χ0n) is 9.33. The van der Waals surface area contributed by atoms with Crippen molar-refractivity contribution in [3.63, 3.8) is 0 Å². The Morgan fingerprint density at radius 3 is 2.61 bits per heavy atom. The van der Waals surface area contributed by atoms with E-state index < -0.39 is 11.2 Å². The van der Waals surface area contributed by atoms with Gasteiger partial charge in [0.25, 0.3) is 5.56 Å². The van der Waals surface area contributed by atoms with E-state index >= 15 is 0 Å². The van der Waals surface area contributed by atoms with Gasteiger partial charge in [-0.3, -0.25) is 14.3 Å². The van der Waals surface area contributed by atoms with Crippen LogP contribution in [0.2, 0.25) is 0 Å². The van der Waals surface area contributed by atoms with Crippen LogP contribution < -0.4 is 11.2 Å². The lowest BCUT2D eigenvalue weighted by molar-refractivity contribution is 0.870. The van der Waals surface area contributed by atoms with Crippen molar-refractivity contribution in [2.45, 2.75) is 0 Å². The lowest BCUT2D eigenvalue weighted by Crippen LogP contribution is -2.27. The first kappa shape index (κ1) is 10.5. The van der Waals surface area contributed by atoms with E-state index in [1.807, 2.05) is 24.3 Å². The number of fused-ring (bicyclic) bond motifs is 1. The molecule has 0 aliphatic carbocycles. The first-order valence-electron chi connectivity index (χ1n) is 5.41. The van der Waals surface area contributed by atoms with Crippen LogP contribution in [0, 0.1) is 0 Å². The molecular formula is C13H9N3O2. The molecule has 0 unspecified atom stereocenters. The molecule has 0 aliphatic heterocycles. The minimum absolute atomic E-state index is 0.419. The summed E-state index contributed by atoms with van der Waals surface area (Å²) in [4.78, 5) is 29.0. The third-order valence-corrected chi connectivity index (χ3v) is 2.69. The predicted octanol–water partition coefficient (Wildman–Crippen LogP) is 1.07. The molecule has 1 aromatic carbocycles. The van der Waals surface area contributed by atoms with E-state index in [1.54, 1.807) is 12.3 Å². The molecule has 2 heterocycles. The maximum atomic E-state index is 11.6. The van der Waals surface area contributed by atoms with Gasteiger partial charge in [-0.1, -0.05) is 24.3 Å². The number of rotatable bonds is 1. The van der Waals surface area contributed by atoms with E-state index in [4.69, 9.17) is 0 Å². The number of aromatic amines is 1. The number of aromatic nitrogens is 3. The molecule has 3 aromatic rings. The minimum atomic E-state index is -0.495. The summed E-state index contributed by atoms with van der Waals surface area (Å²) in [5.41, 5.74) is -0.915. The van der Waals surface area contributed by atoms with Crippen LogP contribution in [0.4, 0.5) is 0 Å². The molecule has 0 saturated carbocycles. The molecule has 5 nitrogen and oxygen atoms in total. The van der Waals surface area contributed by atoms with Gasteiger partial charge in [-0.25, -0.2) is 9.78 Å². The van der Waals surface area contributed by atoms with Crippen LogP contribution in [-0.2, 0) is 0 Å². The van der Waals surface area contributed by atoms with Gasteiger partial charge in [0.15, 0.2) is 0 Å². The van der Waals surface area contributed by atoms with Crippen molar-refractivity contribution in [3.05, 3.63) is 69.6 Å². The number of nitrogens with one attached hydrogen (secondary N) is 1. The third kappa shape index (κ3) is 1.71. The van der Waals surface area contributed by atoms with Gasteiger partial charge in [-0.2, -0.15) is 0 Å². The highest BCUT2D eigenvalue weighted by Crippen LogP contribution is 2.14. The molecule has 0 fully saturated rings. The maximum absolute atomic E-state index is 11.6. The summed E-state index contributed by atoms with van der Waals surface area (Å²) in [7, 11) is 0. The average Bonchev–Trinajstić information content (AvgIpc) is 2.38. The summed E-state index contributed by atoms with van der Waals surface area (Å²) in [5, 5.41) is 1.99. The molecule has 0 saturated heterocycles. The van der Waals surface area contributed by atoms with Crippen LogP contribution in [0.3, 0.4) is 0 Å². The second-order valence-corrected chi connectivity index (χ2v) is 3.87. The SMILES string of the molecule is O=c1ccn(-c2cc3ccccc3cn2)c(=O)[nH]1. The summed E-state index contributed by atoms with van der Waals surface area (Å²) >= 11 is 0. The summed E-state index contributed by atoms with van der Waals surface area (Å²) in [6.45, 7) is 0. The Morgan fingerprint density at radius 1 is 1.06 bits per heavy atom. The van der Waals surface area contributed by atoms with Crippen molar-refractivity contribution in [2.75, 3.05) is 0 Å². The molecule has 3 rings (SSSR count). The van der Waals surface area contributed by atoms with Crippen molar-refractivity contribution in [1.82, 2.24) is 14.5 Å². The maximum Gasteiger partial charge on any atom is 0.334 e. The Labute approximate surface area is 101 Å².